The number of hydrogen-bond donors (Lipinski definition) is 1. The first-order valence-electron chi connectivity index (χ1n) is 7.98. The van der Waals surface area contributed by atoms with Crippen LogP contribution >= 0.6 is 23.1 Å². The highest BCUT2D eigenvalue weighted by molar-refractivity contribution is 8.15. The van der Waals surface area contributed by atoms with Crippen molar-refractivity contribution >= 4 is 56.1 Å². The fraction of sp³-hybridized carbons (Fsp3) is 0.312. The summed E-state index contributed by atoms with van der Waals surface area (Å²) in [5.41, 5.74) is -1.37. The number of aromatic nitrogens is 1. The molecule has 2 aromatic rings. The monoisotopic (exact) mass is 427 g/mol. The molecule has 146 valence electrons. The number of amides is 2. The molecule has 8 nitrogen and oxygen atoms in total. The fourth-order valence-electron chi connectivity index (χ4n) is 2.63. The first-order valence-corrected chi connectivity index (χ1v) is 9.78. The van der Waals surface area contributed by atoms with Crippen LogP contribution in [0.1, 0.15) is 24.8 Å². The molecule has 2 aliphatic heterocycles. The molecule has 1 N–H and O–H groups in total. The number of hydroxylamine groups is 2. The van der Waals surface area contributed by atoms with E-state index in [0.717, 1.165) is 29.2 Å². The molecule has 12 heteroatoms. The number of phenols is 1. The number of hydrogen-bond acceptors (Lipinski definition) is 9. The summed E-state index contributed by atoms with van der Waals surface area (Å²) >= 11 is 2.00. The first-order chi connectivity index (χ1) is 13.2. The SMILES string of the molecule is CC1(C(=O)ON2C(=O)CCC2=O)CSC(c2nc3cc(F)c(O)c(F)c3s2)=N1. The average Bonchev–Trinajstić information content (AvgIpc) is 3.34. The van der Waals surface area contributed by atoms with Gasteiger partial charge in [-0.05, 0) is 6.92 Å². The van der Waals surface area contributed by atoms with Crippen LogP contribution in [0, 0.1) is 11.6 Å². The van der Waals surface area contributed by atoms with Crippen LogP contribution in [-0.4, -0.2) is 49.3 Å². The molecule has 0 aliphatic carbocycles. The van der Waals surface area contributed by atoms with E-state index in [1.807, 2.05) is 0 Å². The van der Waals surface area contributed by atoms with E-state index in [9.17, 15) is 28.3 Å². The lowest BCUT2D eigenvalue weighted by Crippen LogP contribution is -2.42. The van der Waals surface area contributed by atoms with Crippen LogP contribution in [0.15, 0.2) is 11.1 Å². The van der Waals surface area contributed by atoms with E-state index in [0.29, 0.717) is 10.1 Å². The van der Waals surface area contributed by atoms with Crippen LogP contribution in [0.5, 0.6) is 5.75 Å². The van der Waals surface area contributed by atoms with E-state index in [-0.39, 0.29) is 33.8 Å². The van der Waals surface area contributed by atoms with Crippen molar-refractivity contribution in [2.24, 2.45) is 4.99 Å². The number of carbonyl (C=O) groups is 3. The lowest BCUT2D eigenvalue weighted by atomic mass is 10.1. The first kappa shape index (κ1) is 18.7. The van der Waals surface area contributed by atoms with Crippen LogP contribution in [0.4, 0.5) is 8.78 Å². The molecule has 1 saturated heterocycles. The molecule has 2 amide bonds. The number of thioether (sulfide) groups is 1. The number of halogens is 2. The Balaban J connectivity index is 1.62. The van der Waals surface area contributed by atoms with Crippen molar-refractivity contribution in [2.45, 2.75) is 25.3 Å². The number of thiazole rings is 1. The van der Waals surface area contributed by atoms with E-state index in [2.05, 4.69) is 9.98 Å². The Kier molecular flexibility index (Phi) is 4.34. The largest absolute Gasteiger partial charge is 0.503 e. The second-order valence-electron chi connectivity index (χ2n) is 6.33. The van der Waals surface area contributed by atoms with Gasteiger partial charge in [0.1, 0.15) is 10.1 Å². The van der Waals surface area contributed by atoms with Gasteiger partial charge < -0.3 is 9.94 Å². The van der Waals surface area contributed by atoms with Gasteiger partial charge in [0.25, 0.3) is 11.8 Å². The summed E-state index contributed by atoms with van der Waals surface area (Å²) in [5.74, 6) is -5.26. The number of fused-ring (bicyclic) bond motifs is 1. The molecule has 0 saturated carbocycles. The molecular weight excluding hydrogens is 416 g/mol. The van der Waals surface area contributed by atoms with Crippen LogP contribution in [-0.2, 0) is 19.2 Å². The van der Waals surface area contributed by atoms with Gasteiger partial charge in [0, 0.05) is 24.7 Å². The topological polar surface area (TPSA) is 109 Å². The summed E-state index contributed by atoms with van der Waals surface area (Å²) in [7, 11) is 0. The molecule has 1 aromatic carbocycles. The zero-order valence-corrected chi connectivity index (χ0v) is 15.8. The smallest absolute Gasteiger partial charge is 0.361 e. The Labute approximate surface area is 164 Å². The Morgan fingerprint density at radius 3 is 2.68 bits per heavy atom. The lowest BCUT2D eigenvalue weighted by molar-refractivity contribution is -0.200. The fourth-order valence-corrected chi connectivity index (χ4v) is 4.83. The van der Waals surface area contributed by atoms with Gasteiger partial charge in [-0.25, -0.2) is 18.6 Å². The number of phenolic OH excluding ortho intramolecular Hbond substituents is 1. The molecule has 1 atom stereocenters. The van der Waals surface area contributed by atoms with Gasteiger partial charge in [0.2, 0.25) is 0 Å². The third-order valence-electron chi connectivity index (χ3n) is 4.19. The molecule has 0 radical (unpaired) electrons. The zero-order valence-electron chi connectivity index (χ0n) is 14.2. The third kappa shape index (κ3) is 2.92. The molecule has 28 heavy (non-hydrogen) atoms. The van der Waals surface area contributed by atoms with Crippen molar-refractivity contribution in [1.29, 1.82) is 0 Å². The minimum absolute atomic E-state index is 0.0144. The summed E-state index contributed by atoms with van der Waals surface area (Å²) in [6, 6.07) is 0.909. The van der Waals surface area contributed by atoms with E-state index >= 15 is 0 Å². The number of rotatable bonds is 3. The number of aliphatic imine (C=N–C) groups is 1. The van der Waals surface area contributed by atoms with Crippen molar-refractivity contribution in [3.05, 3.63) is 22.7 Å². The summed E-state index contributed by atoms with van der Waals surface area (Å²) in [6.45, 7) is 1.47. The molecule has 1 unspecified atom stereocenters. The summed E-state index contributed by atoms with van der Waals surface area (Å²) < 4.78 is 27.5. The Bertz CT molecular complexity index is 1070. The van der Waals surface area contributed by atoms with Crippen LogP contribution in [0.3, 0.4) is 0 Å². The van der Waals surface area contributed by atoms with Crippen molar-refractivity contribution in [2.75, 3.05) is 5.75 Å². The molecule has 1 fully saturated rings. The quantitative estimate of drug-likeness (QED) is 0.748. The van der Waals surface area contributed by atoms with Gasteiger partial charge in [-0.3, -0.25) is 14.6 Å². The maximum absolute atomic E-state index is 14.0. The average molecular weight is 427 g/mol. The van der Waals surface area contributed by atoms with Gasteiger partial charge in [-0.15, -0.1) is 28.2 Å². The van der Waals surface area contributed by atoms with Crippen LogP contribution in [0.2, 0.25) is 0 Å². The number of carbonyl (C=O) groups excluding carboxylic acids is 3. The van der Waals surface area contributed by atoms with E-state index in [1.54, 1.807) is 0 Å². The van der Waals surface area contributed by atoms with Crippen molar-refractivity contribution in [1.82, 2.24) is 10.0 Å². The van der Waals surface area contributed by atoms with Gasteiger partial charge in [0.05, 0.1) is 10.2 Å². The highest BCUT2D eigenvalue weighted by Gasteiger charge is 2.44. The second-order valence-corrected chi connectivity index (χ2v) is 8.29. The van der Waals surface area contributed by atoms with Gasteiger partial charge in [-0.1, -0.05) is 0 Å². The van der Waals surface area contributed by atoms with E-state index < -0.39 is 40.7 Å². The molecular formula is C16H11F2N3O5S2. The normalized spacial score (nSPS) is 22.2. The van der Waals surface area contributed by atoms with E-state index in [1.165, 1.54) is 6.92 Å². The van der Waals surface area contributed by atoms with E-state index in [4.69, 9.17) is 4.84 Å². The van der Waals surface area contributed by atoms with Crippen molar-refractivity contribution in [3.8, 4) is 5.75 Å². The minimum Gasteiger partial charge on any atom is -0.503 e. The summed E-state index contributed by atoms with van der Waals surface area (Å²) in [6.07, 6.45) is -0.0421. The molecule has 4 rings (SSSR count). The Morgan fingerprint density at radius 2 is 2.00 bits per heavy atom. The second kappa shape index (κ2) is 6.48. The minimum atomic E-state index is -1.38. The summed E-state index contributed by atoms with van der Waals surface area (Å²) in [4.78, 5) is 49.0. The number of aromatic hydroxyl groups is 1. The maximum atomic E-state index is 14.0. The highest BCUT2D eigenvalue weighted by Crippen LogP contribution is 2.37. The summed E-state index contributed by atoms with van der Waals surface area (Å²) in [5, 5.41) is 10.4. The predicted octanol–water partition coefficient (Wildman–Crippen LogP) is 2.14. The Morgan fingerprint density at radius 1 is 1.32 bits per heavy atom. The molecule has 1 aromatic heterocycles. The molecule has 0 bridgehead atoms. The van der Waals surface area contributed by atoms with Gasteiger partial charge in [0.15, 0.2) is 22.9 Å². The lowest BCUT2D eigenvalue weighted by Gasteiger charge is -2.20. The third-order valence-corrected chi connectivity index (χ3v) is 6.66. The number of imide groups is 1. The van der Waals surface area contributed by atoms with Crippen LogP contribution in [0.25, 0.3) is 10.2 Å². The predicted molar refractivity (Wildman–Crippen MR) is 95.8 cm³/mol. The molecule has 0 spiro atoms. The van der Waals surface area contributed by atoms with Crippen LogP contribution < -0.4 is 0 Å². The number of benzene rings is 1. The standard InChI is InChI=1S/C16H11F2N3O5S2/c1-16(15(25)26-21-8(22)2-3-9(21)23)5-27-14(20-16)13-19-7-4-6(17)11(24)10(18)12(7)28-13/h4,24H,2-3,5H2,1H3. The molecule has 2 aliphatic rings. The number of nitrogens with zero attached hydrogens (tertiary/aromatic N) is 3. The van der Waals surface area contributed by atoms with Gasteiger partial charge >= 0.3 is 5.97 Å². The molecule has 3 heterocycles. The zero-order chi connectivity index (χ0) is 20.2. The Hall–Kier alpha value is -2.60. The van der Waals surface area contributed by atoms with Crippen molar-refractivity contribution in [3.63, 3.8) is 0 Å². The highest BCUT2D eigenvalue weighted by atomic mass is 32.2. The van der Waals surface area contributed by atoms with Gasteiger partial charge in [-0.2, -0.15) is 0 Å². The maximum Gasteiger partial charge on any atom is 0.361 e. The van der Waals surface area contributed by atoms with Crippen molar-refractivity contribution < 1.29 is 33.1 Å².